The highest BCUT2D eigenvalue weighted by atomic mass is 32.2. The molecule has 1 aromatic heterocycles. The molecule has 256 valence electrons. The number of ether oxygens (including phenoxy) is 1. The van der Waals surface area contributed by atoms with Crippen LogP contribution in [0, 0.1) is 11.7 Å². The highest BCUT2D eigenvalue weighted by Gasteiger charge is 2.51. The second-order valence-corrected chi connectivity index (χ2v) is 15.2. The van der Waals surface area contributed by atoms with Crippen LogP contribution in [0.1, 0.15) is 56.1 Å². The number of carbonyl (C=O) groups excluding carboxylic acids is 1. The van der Waals surface area contributed by atoms with Gasteiger partial charge in [-0.3, -0.25) is 9.10 Å². The molecular weight excluding hydrogens is 634 g/mol. The van der Waals surface area contributed by atoms with E-state index in [4.69, 9.17) is 18.5 Å². The van der Waals surface area contributed by atoms with Gasteiger partial charge in [0.05, 0.1) is 41.9 Å². The first kappa shape index (κ1) is 35.6. The Kier molecular flexibility index (Phi) is 10.4. The van der Waals surface area contributed by atoms with E-state index in [0.29, 0.717) is 52.7 Å². The summed E-state index contributed by atoms with van der Waals surface area (Å²) in [5.41, 5.74) is 2.20. The number of nitrogens with zero attached hydrogens (tertiary/aromatic N) is 1. The zero-order valence-electron chi connectivity index (χ0n) is 28.6. The van der Waals surface area contributed by atoms with Gasteiger partial charge in [-0.2, -0.15) is 0 Å². The lowest BCUT2D eigenvalue weighted by Gasteiger charge is -2.32. The fraction of sp³-hybridized carbons (Fsp3) is 0.417. The number of anilines is 1. The smallest absolute Gasteiger partial charge is 0.455 e. The van der Waals surface area contributed by atoms with Crippen molar-refractivity contribution in [3.05, 3.63) is 89.2 Å². The summed E-state index contributed by atoms with van der Waals surface area (Å²) in [6, 6.07) is 18.9. The topological polar surface area (TPSA) is 107 Å². The van der Waals surface area contributed by atoms with E-state index in [9.17, 15) is 17.6 Å². The quantitative estimate of drug-likeness (QED) is 0.154. The van der Waals surface area contributed by atoms with Crippen LogP contribution in [0.5, 0.6) is 0 Å². The number of amides is 1. The molecule has 1 amide bonds. The third-order valence-corrected chi connectivity index (χ3v) is 10.4. The molecule has 0 spiro atoms. The zero-order chi connectivity index (χ0) is 34.9. The summed E-state index contributed by atoms with van der Waals surface area (Å²) in [7, 11) is -2.86. The second kappa shape index (κ2) is 14.0. The number of nitrogens with one attached hydrogen (secondary N) is 1. The average Bonchev–Trinajstić information content (AvgIpc) is 3.50. The summed E-state index contributed by atoms with van der Waals surface area (Å²) in [5.74, 6) is -0.840. The minimum Gasteiger partial charge on any atom is -0.455 e. The molecule has 48 heavy (non-hydrogen) atoms. The number of aryl methyl sites for hydroxylation is 1. The molecular formula is C36H44BFN2O7S. The third kappa shape index (κ3) is 7.62. The summed E-state index contributed by atoms with van der Waals surface area (Å²) >= 11 is 0. The minimum atomic E-state index is -3.82. The van der Waals surface area contributed by atoms with Crippen LogP contribution in [0.25, 0.3) is 22.3 Å². The maximum atomic E-state index is 13.8. The number of carbonyl (C=O) groups is 1. The molecule has 4 aromatic rings. The summed E-state index contributed by atoms with van der Waals surface area (Å²) in [5, 5.41) is 3.20. The molecule has 1 aliphatic rings. The fourth-order valence-electron chi connectivity index (χ4n) is 5.94. The van der Waals surface area contributed by atoms with E-state index >= 15 is 0 Å². The first-order valence-electron chi connectivity index (χ1n) is 16.2. The normalized spacial score (nSPS) is 16.3. The molecule has 1 atom stereocenters. The molecule has 1 saturated heterocycles. The van der Waals surface area contributed by atoms with E-state index in [1.807, 2.05) is 65.0 Å². The molecule has 0 saturated carbocycles. The van der Waals surface area contributed by atoms with Crippen LogP contribution in [-0.2, 0) is 37.1 Å². The molecule has 0 radical (unpaired) electrons. The van der Waals surface area contributed by atoms with Gasteiger partial charge >= 0.3 is 7.12 Å². The second-order valence-electron chi connectivity index (χ2n) is 13.3. The fourth-order valence-corrected chi connectivity index (χ4v) is 6.95. The minimum absolute atomic E-state index is 0.0873. The van der Waals surface area contributed by atoms with Crippen LogP contribution < -0.4 is 9.62 Å². The van der Waals surface area contributed by atoms with Gasteiger partial charge in [-0.15, -0.1) is 0 Å². The first-order chi connectivity index (χ1) is 22.6. The average molecular weight is 679 g/mol. The van der Waals surface area contributed by atoms with Crippen molar-refractivity contribution in [1.29, 1.82) is 0 Å². The van der Waals surface area contributed by atoms with Crippen molar-refractivity contribution < 1.29 is 36.1 Å². The Hall–Kier alpha value is -3.71. The number of sulfonamides is 1. The van der Waals surface area contributed by atoms with Gasteiger partial charge in [0, 0.05) is 30.6 Å². The van der Waals surface area contributed by atoms with Crippen LogP contribution in [0.15, 0.2) is 71.1 Å². The van der Waals surface area contributed by atoms with Crippen molar-refractivity contribution in [2.75, 3.05) is 30.8 Å². The predicted molar refractivity (Wildman–Crippen MR) is 187 cm³/mol. The molecule has 5 rings (SSSR count). The number of rotatable bonds is 13. The van der Waals surface area contributed by atoms with Gasteiger partial charge < -0.3 is 23.8 Å². The van der Waals surface area contributed by atoms with Crippen molar-refractivity contribution in [3.63, 3.8) is 0 Å². The monoisotopic (exact) mass is 678 g/mol. The Morgan fingerprint density at radius 2 is 1.67 bits per heavy atom. The van der Waals surface area contributed by atoms with Crippen LogP contribution in [0.3, 0.4) is 0 Å². The van der Waals surface area contributed by atoms with Gasteiger partial charge in [0.2, 0.25) is 10.0 Å². The van der Waals surface area contributed by atoms with E-state index < -0.39 is 34.2 Å². The lowest BCUT2D eigenvalue weighted by molar-refractivity contribution is 0.00578. The summed E-state index contributed by atoms with van der Waals surface area (Å²) in [6.07, 6.45) is 2.05. The maximum Gasteiger partial charge on any atom is 0.458 e. The Bertz CT molecular complexity index is 1840. The van der Waals surface area contributed by atoms with Crippen molar-refractivity contribution in [2.24, 2.45) is 5.92 Å². The van der Waals surface area contributed by atoms with Crippen molar-refractivity contribution in [2.45, 2.75) is 65.2 Å². The highest BCUT2D eigenvalue weighted by molar-refractivity contribution is 7.92. The van der Waals surface area contributed by atoms with Crippen LogP contribution in [0.4, 0.5) is 10.1 Å². The van der Waals surface area contributed by atoms with E-state index in [2.05, 4.69) is 5.32 Å². The van der Waals surface area contributed by atoms with Crippen molar-refractivity contribution in [3.8, 4) is 11.3 Å². The van der Waals surface area contributed by atoms with Crippen LogP contribution in [-0.4, -0.2) is 59.1 Å². The van der Waals surface area contributed by atoms with E-state index in [0.717, 1.165) is 5.56 Å². The van der Waals surface area contributed by atoms with Gasteiger partial charge in [0.1, 0.15) is 17.2 Å². The molecule has 9 nitrogen and oxygen atoms in total. The van der Waals surface area contributed by atoms with Crippen LogP contribution >= 0.6 is 0 Å². The van der Waals surface area contributed by atoms with Gasteiger partial charge in [-0.1, -0.05) is 37.3 Å². The SMILES string of the molecule is CCc1cc2c(C(=O)NC)c(-c3ccc(F)cc3)oc2cc1N(CC(COCc1ccccc1)CB1OC(C)(C)C(C)(C)O1)S(C)(=O)=O. The summed E-state index contributed by atoms with van der Waals surface area (Å²) in [4.78, 5) is 13.1. The number of halogens is 1. The number of hydrogen-bond acceptors (Lipinski definition) is 7. The van der Waals surface area contributed by atoms with Gasteiger partial charge in [0.25, 0.3) is 5.91 Å². The standard InChI is InChI=1S/C36H44BFN2O7S/c1-8-26-18-29-31(45-33(32(29)34(41)39-6)27-14-16-28(38)17-15-27)19-30(26)40(48(7,42)43)21-25(23-44-22-24-12-10-9-11-13-24)20-37-46-35(2,3)36(4,5)47-37/h9-19,25H,8,20-23H2,1-7H3,(H,39,41). The molecule has 1 N–H and O–H groups in total. The van der Waals surface area contributed by atoms with Gasteiger partial charge in [-0.25, -0.2) is 12.8 Å². The number of furan rings is 1. The van der Waals surface area contributed by atoms with Crippen molar-refractivity contribution in [1.82, 2.24) is 5.32 Å². The molecule has 12 heteroatoms. The molecule has 2 heterocycles. The zero-order valence-corrected chi connectivity index (χ0v) is 29.4. The molecule has 1 aliphatic heterocycles. The Morgan fingerprint density at radius 1 is 1.02 bits per heavy atom. The van der Waals surface area contributed by atoms with Crippen molar-refractivity contribution >= 4 is 39.7 Å². The Balaban J connectivity index is 1.54. The number of benzene rings is 3. The van der Waals surface area contributed by atoms with E-state index in [1.165, 1.54) is 29.7 Å². The van der Waals surface area contributed by atoms with E-state index in [1.54, 1.807) is 24.3 Å². The Labute approximate surface area is 282 Å². The predicted octanol–water partition coefficient (Wildman–Crippen LogP) is 6.85. The molecule has 0 bridgehead atoms. The molecule has 1 fully saturated rings. The maximum absolute atomic E-state index is 13.8. The lowest BCUT2D eigenvalue weighted by atomic mass is 9.77. The van der Waals surface area contributed by atoms with Gasteiger partial charge in [0.15, 0.2) is 0 Å². The summed E-state index contributed by atoms with van der Waals surface area (Å²) in [6.45, 7) is 10.6. The Morgan fingerprint density at radius 3 is 2.25 bits per heavy atom. The third-order valence-electron chi connectivity index (χ3n) is 9.22. The van der Waals surface area contributed by atoms with Crippen LogP contribution in [0.2, 0.25) is 6.32 Å². The molecule has 3 aromatic carbocycles. The largest absolute Gasteiger partial charge is 0.458 e. The molecule has 1 unspecified atom stereocenters. The highest BCUT2D eigenvalue weighted by Crippen LogP contribution is 2.41. The first-order valence-corrected chi connectivity index (χ1v) is 18.0. The van der Waals surface area contributed by atoms with Gasteiger partial charge in [-0.05, 0) is 87.8 Å². The summed E-state index contributed by atoms with van der Waals surface area (Å²) < 4.78 is 67.3. The number of fused-ring (bicyclic) bond motifs is 1. The van der Waals surface area contributed by atoms with E-state index in [-0.39, 0.29) is 30.7 Å². The molecule has 0 aliphatic carbocycles. The lowest BCUT2D eigenvalue weighted by Crippen LogP contribution is -2.41. The number of hydrogen-bond donors (Lipinski definition) is 1.